The Morgan fingerprint density at radius 2 is 1.54 bits per heavy atom. The quantitative estimate of drug-likeness (QED) is 0.180. The van der Waals surface area contributed by atoms with Crippen LogP contribution in [0.3, 0.4) is 0 Å². The number of para-hydroxylation sites is 1. The van der Waals surface area contributed by atoms with E-state index in [0.29, 0.717) is 16.9 Å². The molecule has 0 saturated carbocycles. The molecule has 3 atom stereocenters. The van der Waals surface area contributed by atoms with Gasteiger partial charge in [0.15, 0.2) is 17.6 Å². The number of hydrogen-bond acceptors (Lipinski definition) is 7. The van der Waals surface area contributed by atoms with Crippen LogP contribution in [0.2, 0.25) is 0 Å². The van der Waals surface area contributed by atoms with Crippen LogP contribution in [-0.2, 0) is 14.4 Å². The van der Waals surface area contributed by atoms with E-state index >= 15 is 0 Å². The molecule has 2 aliphatic heterocycles. The molecule has 41 heavy (non-hydrogen) atoms. The van der Waals surface area contributed by atoms with Crippen molar-refractivity contribution in [3.05, 3.63) is 120 Å². The number of fused-ring (bicyclic) bond motifs is 1. The molecule has 0 aliphatic carbocycles. The molecular formula is C32H25FN2O6. The van der Waals surface area contributed by atoms with Gasteiger partial charge >= 0.3 is 5.97 Å². The second-order valence-corrected chi connectivity index (χ2v) is 9.81. The molecule has 0 spiro atoms. The Hall–Kier alpha value is -5.02. The van der Waals surface area contributed by atoms with Gasteiger partial charge in [-0.25, -0.2) is 19.1 Å². The number of anilines is 2. The van der Waals surface area contributed by atoms with Gasteiger partial charge in [0, 0.05) is 0 Å². The number of hydroxylamine groups is 1. The SMILES string of the molecule is COc1cc(C2C3C(=O)N(c4ccc(C)cc4)C(=O)C3ON2c2ccccc2)ccc1OC(=O)c1ccc(F)cc1. The predicted octanol–water partition coefficient (Wildman–Crippen LogP) is 5.41. The third-order valence-corrected chi connectivity index (χ3v) is 7.23. The largest absolute Gasteiger partial charge is 0.493 e. The van der Waals surface area contributed by atoms with Crippen LogP contribution in [0.15, 0.2) is 97.1 Å². The number of nitrogens with zero attached hydrogens (tertiary/aromatic N) is 2. The zero-order valence-corrected chi connectivity index (χ0v) is 22.2. The van der Waals surface area contributed by atoms with E-state index in [1.165, 1.54) is 36.3 Å². The van der Waals surface area contributed by atoms with Crippen molar-refractivity contribution in [1.82, 2.24) is 0 Å². The zero-order valence-electron chi connectivity index (χ0n) is 22.2. The van der Waals surface area contributed by atoms with Gasteiger partial charge in [0.25, 0.3) is 5.91 Å². The topological polar surface area (TPSA) is 85.4 Å². The molecule has 3 unspecified atom stereocenters. The first-order chi connectivity index (χ1) is 19.9. The number of amides is 2. The fourth-order valence-electron chi connectivity index (χ4n) is 5.20. The molecule has 4 aromatic carbocycles. The molecule has 206 valence electrons. The van der Waals surface area contributed by atoms with Crippen LogP contribution in [0.1, 0.15) is 27.5 Å². The van der Waals surface area contributed by atoms with E-state index in [2.05, 4.69) is 0 Å². The van der Waals surface area contributed by atoms with E-state index < -0.39 is 35.8 Å². The third-order valence-electron chi connectivity index (χ3n) is 7.23. The lowest BCUT2D eigenvalue weighted by Crippen LogP contribution is -2.37. The van der Waals surface area contributed by atoms with Crippen LogP contribution in [0.4, 0.5) is 15.8 Å². The summed E-state index contributed by atoms with van der Waals surface area (Å²) in [7, 11) is 1.43. The maximum atomic E-state index is 13.9. The number of carbonyl (C=O) groups excluding carboxylic acids is 3. The number of carbonyl (C=O) groups is 3. The van der Waals surface area contributed by atoms with Gasteiger partial charge in [-0.15, -0.1) is 0 Å². The Morgan fingerprint density at radius 1 is 0.829 bits per heavy atom. The number of aryl methyl sites for hydroxylation is 1. The minimum absolute atomic E-state index is 0.141. The summed E-state index contributed by atoms with van der Waals surface area (Å²) < 4.78 is 24.4. The normalized spacial score (nSPS) is 19.8. The van der Waals surface area contributed by atoms with Crippen molar-refractivity contribution in [1.29, 1.82) is 0 Å². The average Bonchev–Trinajstić information content (AvgIpc) is 3.50. The van der Waals surface area contributed by atoms with E-state index in [4.69, 9.17) is 14.3 Å². The van der Waals surface area contributed by atoms with Crippen LogP contribution in [-0.4, -0.2) is 31.0 Å². The minimum atomic E-state index is -1.03. The third kappa shape index (κ3) is 4.70. The minimum Gasteiger partial charge on any atom is -0.493 e. The van der Waals surface area contributed by atoms with Crippen molar-refractivity contribution in [2.75, 3.05) is 17.1 Å². The van der Waals surface area contributed by atoms with Crippen LogP contribution in [0, 0.1) is 18.7 Å². The van der Waals surface area contributed by atoms with Gasteiger partial charge in [-0.05, 0) is 73.2 Å². The summed E-state index contributed by atoms with van der Waals surface area (Å²) in [6, 6.07) is 25.6. The Morgan fingerprint density at radius 3 is 2.22 bits per heavy atom. The first kappa shape index (κ1) is 26.2. The number of imide groups is 1. The second kappa shape index (κ2) is 10.5. The van der Waals surface area contributed by atoms with Crippen LogP contribution >= 0.6 is 0 Å². The Labute approximate surface area is 235 Å². The zero-order chi connectivity index (χ0) is 28.7. The fourth-order valence-corrected chi connectivity index (χ4v) is 5.20. The molecular weight excluding hydrogens is 527 g/mol. The molecule has 0 N–H and O–H groups in total. The maximum Gasteiger partial charge on any atom is 0.343 e. The van der Waals surface area contributed by atoms with Gasteiger partial charge < -0.3 is 9.47 Å². The van der Waals surface area contributed by atoms with Crippen molar-refractivity contribution in [2.24, 2.45) is 5.92 Å². The van der Waals surface area contributed by atoms with Crippen LogP contribution < -0.4 is 19.4 Å². The van der Waals surface area contributed by atoms with Crippen molar-refractivity contribution in [3.8, 4) is 11.5 Å². The van der Waals surface area contributed by atoms with Crippen LogP contribution in [0.25, 0.3) is 0 Å². The first-order valence-electron chi connectivity index (χ1n) is 13.0. The van der Waals surface area contributed by atoms with Crippen molar-refractivity contribution >= 4 is 29.2 Å². The number of ether oxygens (including phenoxy) is 2. The lowest BCUT2D eigenvalue weighted by Gasteiger charge is -2.29. The molecule has 2 fully saturated rings. The second-order valence-electron chi connectivity index (χ2n) is 9.81. The average molecular weight is 553 g/mol. The number of rotatable bonds is 6. The molecule has 2 aliphatic rings. The van der Waals surface area contributed by atoms with Gasteiger partial charge in [0.05, 0.1) is 30.1 Å². The van der Waals surface area contributed by atoms with Crippen molar-refractivity contribution < 1.29 is 33.1 Å². The smallest absolute Gasteiger partial charge is 0.343 e. The first-order valence-corrected chi connectivity index (χ1v) is 13.0. The highest BCUT2D eigenvalue weighted by molar-refractivity contribution is 6.23. The number of halogens is 1. The molecule has 4 aromatic rings. The molecule has 2 heterocycles. The van der Waals surface area contributed by atoms with Gasteiger partial charge in [0.1, 0.15) is 11.7 Å². The highest BCUT2D eigenvalue weighted by atomic mass is 19.1. The van der Waals surface area contributed by atoms with E-state index in [1.54, 1.807) is 35.4 Å². The Kier molecular flexibility index (Phi) is 6.72. The molecule has 8 nitrogen and oxygen atoms in total. The maximum absolute atomic E-state index is 13.9. The fraction of sp³-hybridized carbons (Fsp3) is 0.156. The van der Waals surface area contributed by atoms with Crippen molar-refractivity contribution in [2.45, 2.75) is 19.1 Å². The van der Waals surface area contributed by atoms with E-state index in [-0.39, 0.29) is 23.0 Å². The highest BCUT2D eigenvalue weighted by Gasteiger charge is 2.60. The van der Waals surface area contributed by atoms with Crippen molar-refractivity contribution in [3.63, 3.8) is 0 Å². The molecule has 0 bridgehead atoms. The summed E-state index contributed by atoms with van der Waals surface area (Å²) in [4.78, 5) is 47.5. The summed E-state index contributed by atoms with van der Waals surface area (Å²) in [5, 5.41) is 1.58. The van der Waals surface area contributed by atoms with Gasteiger partial charge in [-0.2, -0.15) is 0 Å². The summed E-state index contributed by atoms with van der Waals surface area (Å²) in [6.07, 6.45) is -1.03. The summed E-state index contributed by atoms with van der Waals surface area (Å²) in [5.74, 6) is -2.44. The number of esters is 1. The summed E-state index contributed by atoms with van der Waals surface area (Å²) in [5.41, 5.74) is 2.94. The number of benzene rings is 4. The van der Waals surface area contributed by atoms with Gasteiger partial charge in [0.2, 0.25) is 5.91 Å². The number of hydrogen-bond donors (Lipinski definition) is 0. The molecule has 0 radical (unpaired) electrons. The van der Waals surface area contributed by atoms with E-state index in [1.807, 2.05) is 49.4 Å². The van der Waals surface area contributed by atoms with Crippen LogP contribution in [0.5, 0.6) is 11.5 Å². The molecule has 0 aromatic heterocycles. The monoisotopic (exact) mass is 552 g/mol. The standard InChI is InChI=1S/C32H25FN2O6/c1-19-8-15-23(16-9-19)34-30(36)27-28(35(41-29(27)31(34)37)24-6-4-3-5-7-24)21-12-17-25(26(18-21)39-2)40-32(38)20-10-13-22(33)14-11-20/h3-18,27-29H,1-2H3. The lowest BCUT2D eigenvalue weighted by atomic mass is 9.90. The molecule has 9 heteroatoms. The summed E-state index contributed by atoms with van der Waals surface area (Å²) >= 11 is 0. The van der Waals surface area contributed by atoms with E-state index in [0.717, 1.165) is 5.56 Å². The summed E-state index contributed by atoms with van der Waals surface area (Å²) in [6.45, 7) is 1.93. The highest BCUT2D eigenvalue weighted by Crippen LogP contribution is 2.48. The van der Waals surface area contributed by atoms with Gasteiger partial charge in [-0.3, -0.25) is 14.4 Å². The molecule has 2 saturated heterocycles. The van der Waals surface area contributed by atoms with E-state index in [9.17, 15) is 18.8 Å². The van der Waals surface area contributed by atoms with Gasteiger partial charge in [-0.1, -0.05) is 42.0 Å². The number of methoxy groups -OCH3 is 1. The Balaban J connectivity index is 1.36. The Bertz CT molecular complexity index is 1620. The lowest BCUT2D eigenvalue weighted by molar-refractivity contribution is -0.126. The predicted molar refractivity (Wildman–Crippen MR) is 148 cm³/mol. The molecule has 6 rings (SSSR count). The molecule has 2 amide bonds.